The Balaban J connectivity index is 1.82. The molecule has 2 heterocycles. The highest BCUT2D eigenvalue weighted by Crippen LogP contribution is 2.30. The lowest BCUT2D eigenvalue weighted by Gasteiger charge is -2.46. The second-order valence-corrected chi connectivity index (χ2v) is 20.8. The molecule has 10 N–H and O–H groups in total. The second-order valence-electron chi connectivity index (χ2n) is 20.8. The zero-order valence-corrected chi connectivity index (χ0v) is 44.1. The van der Waals surface area contributed by atoms with E-state index in [4.69, 9.17) is 18.9 Å². The molecule has 1 amide bonds. The van der Waals surface area contributed by atoms with E-state index in [1.54, 1.807) is 6.08 Å². The maximum atomic E-state index is 13.3. The summed E-state index contributed by atoms with van der Waals surface area (Å²) in [6.45, 7) is 4.95. The smallest absolute Gasteiger partial charge is 0.249 e. The van der Waals surface area contributed by atoms with Crippen molar-refractivity contribution in [3.05, 3.63) is 12.2 Å². The third kappa shape index (κ3) is 27.3. The van der Waals surface area contributed by atoms with Crippen LogP contribution in [0.5, 0.6) is 0 Å². The quantitative estimate of drug-likeness (QED) is 0.0209. The Morgan fingerprint density at radius 3 is 1.49 bits per heavy atom. The fourth-order valence-corrected chi connectivity index (χ4v) is 9.51. The van der Waals surface area contributed by atoms with Gasteiger partial charge in [-0.1, -0.05) is 219 Å². The van der Waals surface area contributed by atoms with Gasteiger partial charge in [0.2, 0.25) is 5.91 Å². The molecule has 0 spiro atoms. The molecule has 2 saturated heterocycles. The van der Waals surface area contributed by atoms with Gasteiger partial charge in [-0.05, 0) is 25.2 Å². The predicted octanol–water partition coefficient (Wildman–Crippen LogP) is 7.55. The van der Waals surface area contributed by atoms with E-state index in [0.717, 1.165) is 50.9 Å². The van der Waals surface area contributed by atoms with Gasteiger partial charge >= 0.3 is 0 Å². The van der Waals surface area contributed by atoms with E-state index >= 15 is 0 Å². The molecule has 2 rings (SSSR count). The molecule has 0 aromatic rings. The van der Waals surface area contributed by atoms with Gasteiger partial charge in [0.25, 0.3) is 0 Å². The van der Waals surface area contributed by atoms with E-state index in [2.05, 4.69) is 26.1 Å². The molecule has 0 aliphatic carbocycles. The fourth-order valence-electron chi connectivity index (χ4n) is 9.51. The van der Waals surface area contributed by atoms with Crippen LogP contribution in [0.4, 0.5) is 0 Å². The molecule has 0 radical (unpaired) electrons. The Bertz CT molecular complexity index is 1260. The third-order valence-corrected chi connectivity index (χ3v) is 14.6. The van der Waals surface area contributed by atoms with Crippen LogP contribution < -0.4 is 5.32 Å². The van der Waals surface area contributed by atoms with E-state index in [0.29, 0.717) is 6.42 Å². The Kier molecular flexibility index (Phi) is 38.0. The maximum Gasteiger partial charge on any atom is 0.249 e. The van der Waals surface area contributed by atoms with Crippen LogP contribution >= 0.6 is 0 Å². The summed E-state index contributed by atoms with van der Waals surface area (Å²) in [4.78, 5) is 13.3. The molecule has 0 aromatic carbocycles. The standard InChI is InChI=1S/C55H105NO14/c1-4-6-7-8-9-10-11-12-13-14-15-16-17-18-19-20-25-28-31-34-37-44(60)53(66)56-42(43(59)36-33-30-27-24-22-21-23-26-29-32-35-41(3)5-2)40-67-54-51(65)49(63)52(46(39-58)69-54)70-55-50(64)48(62)47(61)45(38-57)68-55/h33,36,41-52,54-55,57-65H,4-32,34-35,37-40H2,1-3H3,(H,56,66)/b36-33+/t41?,42-,43+,44+,45+,46+,47-,48-,49+,50+,51+,52+,54+,55-/m0/s1. The lowest BCUT2D eigenvalue weighted by Crippen LogP contribution is -2.65. The predicted molar refractivity (Wildman–Crippen MR) is 274 cm³/mol. The summed E-state index contributed by atoms with van der Waals surface area (Å²) < 4.78 is 22.6. The van der Waals surface area contributed by atoms with Crippen molar-refractivity contribution in [1.82, 2.24) is 5.32 Å². The maximum absolute atomic E-state index is 13.3. The molecule has 70 heavy (non-hydrogen) atoms. The minimum absolute atomic E-state index is 0.257. The van der Waals surface area contributed by atoms with Crippen LogP contribution in [0.25, 0.3) is 0 Å². The van der Waals surface area contributed by atoms with E-state index < -0.39 is 105 Å². The molecule has 15 heteroatoms. The van der Waals surface area contributed by atoms with Gasteiger partial charge in [0.05, 0.1) is 32.0 Å². The zero-order chi connectivity index (χ0) is 51.4. The van der Waals surface area contributed by atoms with Crippen molar-refractivity contribution in [2.75, 3.05) is 19.8 Å². The Labute approximate surface area is 423 Å². The van der Waals surface area contributed by atoms with Crippen molar-refractivity contribution in [3.63, 3.8) is 0 Å². The lowest BCUT2D eigenvalue weighted by molar-refractivity contribution is -0.359. The first kappa shape index (κ1) is 64.8. The highest BCUT2D eigenvalue weighted by molar-refractivity contribution is 5.80. The number of carbonyl (C=O) groups excluding carboxylic acids is 1. The van der Waals surface area contributed by atoms with Gasteiger partial charge in [0, 0.05) is 0 Å². The summed E-state index contributed by atoms with van der Waals surface area (Å²) >= 11 is 0. The van der Waals surface area contributed by atoms with Crippen LogP contribution in [0.2, 0.25) is 0 Å². The molecule has 2 aliphatic heterocycles. The number of hydrogen-bond donors (Lipinski definition) is 10. The minimum atomic E-state index is -1.81. The number of hydrogen-bond acceptors (Lipinski definition) is 14. The monoisotopic (exact) mass is 1000 g/mol. The number of aliphatic hydroxyl groups is 9. The fraction of sp³-hybridized carbons (Fsp3) is 0.945. The number of amides is 1. The van der Waals surface area contributed by atoms with E-state index in [-0.39, 0.29) is 6.42 Å². The van der Waals surface area contributed by atoms with Crippen molar-refractivity contribution in [3.8, 4) is 0 Å². The average Bonchev–Trinajstić information content (AvgIpc) is 3.36. The summed E-state index contributed by atoms with van der Waals surface area (Å²) in [5, 5.41) is 97.6. The van der Waals surface area contributed by atoms with Crippen LogP contribution in [0.1, 0.15) is 226 Å². The summed E-state index contributed by atoms with van der Waals surface area (Å²) in [6.07, 6.45) is 22.8. The Morgan fingerprint density at radius 1 is 0.557 bits per heavy atom. The second kappa shape index (κ2) is 41.0. The van der Waals surface area contributed by atoms with Crippen LogP contribution in [0.15, 0.2) is 12.2 Å². The van der Waals surface area contributed by atoms with Crippen molar-refractivity contribution in [2.24, 2.45) is 5.92 Å². The van der Waals surface area contributed by atoms with Gasteiger partial charge in [-0.15, -0.1) is 0 Å². The molecule has 0 aromatic heterocycles. The van der Waals surface area contributed by atoms with E-state index in [1.165, 1.54) is 148 Å². The molecule has 14 atom stereocenters. The summed E-state index contributed by atoms with van der Waals surface area (Å²) in [7, 11) is 0. The Morgan fingerprint density at radius 2 is 1.00 bits per heavy atom. The number of unbranched alkanes of at least 4 members (excludes halogenated alkanes) is 27. The van der Waals surface area contributed by atoms with Crippen molar-refractivity contribution >= 4 is 5.91 Å². The van der Waals surface area contributed by atoms with Crippen molar-refractivity contribution in [1.29, 1.82) is 0 Å². The van der Waals surface area contributed by atoms with Crippen LogP contribution in [-0.4, -0.2) is 151 Å². The van der Waals surface area contributed by atoms with Gasteiger partial charge in [-0.2, -0.15) is 0 Å². The molecule has 2 aliphatic rings. The van der Waals surface area contributed by atoms with E-state index in [1.807, 2.05) is 6.08 Å². The molecule has 15 nitrogen and oxygen atoms in total. The van der Waals surface area contributed by atoms with Crippen LogP contribution in [-0.2, 0) is 23.7 Å². The van der Waals surface area contributed by atoms with Gasteiger partial charge in [-0.3, -0.25) is 4.79 Å². The summed E-state index contributed by atoms with van der Waals surface area (Å²) in [6, 6.07) is -1.09. The first-order valence-electron chi connectivity index (χ1n) is 28.4. The highest BCUT2D eigenvalue weighted by Gasteiger charge is 2.51. The molecular formula is C55H105NO14. The van der Waals surface area contributed by atoms with Gasteiger partial charge in [0.15, 0.2) is 12.6 Å². The number of carbonyl (C=O) groups is 1. The highest BCUT2D eigenvalue weighted by atomic mass is 16.7. The SMILES string of the molecule is CCCCCCCCCCCCCCCCCCCCCC[C@@H](O)C(=O)N[C@@H](CO[C@@H]1O[C@H](CO)[C@@H](O[C@@H]2O[C@H](CO)[C@H](O)[C@H](O)[C@H]2O)[C@H](O)[C@H]1O)[C@H](O)/C=C/CCCCCCCCCCC(C)CC. The number of ether oxygens (including phenoxy) is 4. The molecule has 0 bridgehead atoms. The molecule has 0 saturated carbocycles. The molecule has 1 unspecified atom stereocenters. The van der Waals surface area contributed by atoms with Gasteiger partial charge in [-0.25, -0.2) is 0 Å². The van der Waals surface area contributed by atoms with E-state index in [9.17, 15) is 50.8 Å². The largest absolute Gasteiger partial charge is 0.394 e. The number of nitrogens with one attached hydrogen (secondary N) is 1. The number of aliphatic hydroxyl groups excluding tert-OH is 9. The number of allylic oxidation sites excluding steroid dienone is 1. The topological polar surface area (TPSA) is 248 Å². The normalized spacial score (nSPS) is 26.9. The molecule has 2 fully saturated rings. The lowest BCUT2D eigenvalue weighted by atomic mass is 9.97. The van der Waals surface area contributed by atoms with Gasteiger partial charge in [0.1, 0.15) is 54.9 Å². The summed E-state index contributed by atoms with van der Waals surface area (Å²) in [5.74, 6) is 0.129. The minimum Gasteiger partial charge on any atom is -0.394 e. The molecular weight excluding hydrogens is 899 g/mol. The zero-order valence-electron chi connectivity index (χ0n) is 44.1. The third-order valence-electron chi connectivity index (χ3n) is 14.6. The van der Waals surface area contributed by atoms with Crippen LogP contribution in [0.3, 0.4) is 0 Å². The average molecular weight is 1000 g/mol. The number of rotatable bonds is 44. The summed E-state index contributed by atoms with van der Waals surface area (Å²) in [5.41, 5.74) is 0. The Hall–Kier alpha value is -1.31. The van der Waals surface area contributed by atoms with Crippen molar-refractivity contribution < 1.29 is 69.7 Å². The first-order valence-corrected chi connectivity index (χ1v) is 28.4. The van der Waals surface area contributed by atoms with Crippen LogP contribution in [0, 0.1) is 5.92 Å². The van der Waals surface area contributed by atoms with Crippen molar-refractivity contribution in [2.45, 2.75) is 306 Å². The molecule has 414 valence electrons. The first-order chi connectivity index (χ1) is 33.9. The van der Waals surface area contributed by atoms with Gasteiger partial charge < -0.3 is 70.2 Å².